The van der Waals surface area contributed by atoms with Gasteiger partial charge in [-0.25, -0.2) is 14.8 Å². The topological polar surface area (TPSA) is 83.0 Å². The summed E-state index contributed by atoms with van der Waals surface area (Å²) >= 11 is 0. The second kappa shape index (κ2) is 7.54. The molecule has 2 aromatic heterocycles. The zero-order valence-corrected chi connectivity index (χ0v) is 16.8. The molecule has 0 aliphatic rings. The Morgan fingerprint density at radius 2 is 1.72 bits per heavy atom. The van der Waals surface area contributed by atoms with Crippen molar-refractivity contribution in [2.45, 2.75) is 39.7 Å². The molecule has 2 heterocycles. The Morgan fingerprint density at radius 3 is 2.34 bits per heavy atom. The van der Waals surface area contributed by atoms with Crippen molar-refractivity contribution < 1.29 is 9.53 Å². The normalized spacial score (nSPS) is 12.4. The predicted molar refractivity (Wildman–Crippen MR) is 115 cm³/mol. The van der Waals surface area contributed by atoms with Crippen LogP contribution < -0.4 is 5.73 Å². The Labute approximate surface area is 169 Å². The number of hydrogen-bond acceptors (Lipinski definition) is 5. The van der Waals surface area contributed by atoms with Crippen LogP contribution in [0, 0.1) is 0 Å². The third kappa shape index (κ3) is 3.31. The Kier molecular flexibility index (Phi) is 4.92. The van der Waals surface area contributed by atoms with E-state index in [4.69, 9.17) is 20.4 Å². The molecule has 0 spiro atoms. The number of aromatic nitrogens is 3. The predicted octanol–water partition coefficient (Wildman–Crippen LogP) is 4.67. The van der Waals surface area contributed by atoms with E-state index >= 15 is 0 Å². The van der Waals surface area contributed by atoms with Crippen molar-refractivity contribution in [3.05, 3.63) is 59.7 Å². The van der Waals surface area contributed by atoms with Crippen molar-refractivity contribution in [3.8, 4) is 5.69 Å². The molecule has 4 aromatic rings. The summed E-state index contributed by atoms with van der Waals surface area (Å²) in [7, 11) is 0. The number of nitrogens with two attached hydrogens (primary N) is 1. The third-order valence-corrected chi connectivity index (χ3v) is 5.19. The van der Waals surface area contributed by atoms with E-state index in [1.54, 1.807) is 4.57 Å². The molecule has 29 heavy (non-hydrogen) atoms. The van der Waals surface area contributed by atoms with Crippen LogP contribution in [0.2, 0.25) is 0 Å². The molecule has 0 saturated heterocycles. The van der Waals surface area contributed by atoms with Gasteiger partial charge in [0.05, 0.1) is 17.1 Å². The van der Waals surface area contributed by atoms with Gasteiger partial charge in [0, 0.05) is 5.69 Å². The Morgan fingerprint density at radius 1 is 1.07 bits per heavy atom. The summed E-state index contributed by atoms with van der Waals surface area (Å²) in [5.41, 5.74) is 11.2. The number of carbonyl (C=O) groups is 1. The van der Waals surface area contributed by atoms with E-state index < -0.39 is 5.97 Å². The lowest BCUT2D eigenvalue weighted by atomic mass is 10.1. The summed E-state index contributed by atoms with van der Waals surface area (Å²) in [5.74, 6) is -0.191. The van der Waals surface area contributed by atoms with Crippen LogP contribution in [-0.4, -0.2) is 26.6 Å². The minimum absolute atomic E-state index is 0.211. The summed E-state index contributed by atoms with van der Waals surface area (Å²) < 4.78 is 7.35. The van der Waals surface area contributed by atoms with Gasteiger partial charge in [-0.2, -0.15) is 0 Å². The number of ether oxygens (including phenoxy) is 1. The lowest BCUT2D eigenvalue weighted by Crippen LogP contribution is -2.15. The highest BCUT2D eigenvalue weighted by Gasteiger charge is 2.26. The zero-order valence-electron chi connectivity index (χ0n) is 16.8. The quantitative estimate of drug-likeness (QED) is 0.502. The molecular formula is C23H24N4O2. The van der Waals surface area contributed by atoms with Gasteiger partial charge in [0.15, 0.2) is 5.65 Å². The van der Waals surface area contributed by atoms with Crippen LogP contribution in [-0.2, 0) is 11.2 Å². The minimum atomic E-state index is -0.477. The zero-order chi connectivity index (χ0) is 20.5. The first-order chi connectivity index (χ1) is 14.0. The molecule has 0 saturated carbocycles. The molecule has 6 heteroatoms. The van der Waals surface area contributed by atoms with Crippen LogP contribution in [0.3, 0.4) is 0 Å². The first-order valence-electron chi connectivity index (χ1n) is 9.90. The van der Waals surface area contributed by atoms with Crippen LogP contribution in [0.5, 0.6) is 0 Å². The highest BCUT2D eigenvalue weighted by Crippen LogP contribution is 2.32. The number of rotatable bonds is 5. The van der Waals surface area contributed by atoms with E-state index in [2.05, 4.69) is 6.92 Å². The second-order valence-electron chi connectivity index (χ2n) is 7.12. The maximum atomic E-state index is 12.9. The number of para-hydroxylation sites is 2. The van der Waals surface area contributed by atoms with Gasteiger partial charge in [-0.15, -0.1) is 0 Å². The van der Waals surface area contributed by atoms with Gasteiger partial charge in [-0.1, -0.05) is 38.1 Å². The highest BCUT2D eigenvalue weighted by molar-refractivity contribution is 6.09. The van der Waals surface area contributed by atoms with E-state index in [1.165, 1.54) is 5.56 Å². The maximum absolute atomic E-state index is 12.9. The van der Waals surface area contributed by atoms with E-state index in [1.807, 2.05) is 62.4 Å². The minimum Gasteiger partial charge on any atom is -0.459 e. The molecule has 4 rings (SSSR count). The number of nitrogens with zero attached hydrogens (tertiary/aromatic N) is 3. The first-order valence-corrected chi connectivity index (χ1v) is 9.90. The Balaban J connectivity index is 1.99. The van der Waals surface area contributed by atoms with Crippen molar-refractivity contribution >= 4 is 34.0 Å². The molecule has 0 bridgehead atoms. The van der Waals surface area contributed by atoms with Gasteiger partial charge in [-0.3, -0.25) is 4.57 Å². The van der Waals surface area contributed by atoms with Gasteiger partial charge in [0.25, 0.3) is 0 Å². The summed E-state index contributed by atoms with van der Waals surface area (Å²) in [6, 6.07) is 15.6. The van der Waals surface area contributed by atoms with E-state index in [0.29, 0.717) is 16.7 Å². The number of nitrogen functional groups attached to an aromatic ring is 1. The highest BCUT2D eigenvalue weighted by atomic mass is 16.5. The number of benzene rings is 2. The number of carbonyl (C=O) groups excluding carboxylic acids is 1. The number of anilines is 1. The van der Waals surface area contributed by atoms with Crippen molar-refractivity contribution in [2.75, 3.05) is 5.73 Å². The van der Waals surface area contributed by atoms with E-state index in [9.17, 15) is 4.79 Å². The molecular weight excluding hydrogens is 364 g/mol. The van der Waals surface area contributed by atoms with Gasteiger partial charge in [0.2, 0.25) is 0 Å². The average molecular weight is 388 g/mol. The molecule has 148 valence electrons. The molecule has 2 N–H and O–H groups in total. The summed E-state index contributed by atoms with van der Waals surface area (Å²) in [6.07, 6.45) is 1.45. The van der Waals surface area contributed by atoms with E-state index in [-0.39, 0.29) is 17.5 Å². The van der Waals surface area contributed by atoms with Crippen molar-refractivity contribution in [1.82, 2.24) is 14.5 Å². The fourth-order valence-electron chi connectivity index (χ4n) is 3.33. The molecule has 0 fully saturated rings. The Hall–Kier alpha value is -3.41. The molecule has 2 aromatic carbocycles. The third-order valence-electron chi connectivity index (χ3n) is 5.19. The smallest absolute Gasteiger partial charge is 0.344 e. The first kappa shape index (κ1) is 18.9. The molecule has 0 aliphatic heterocycles. The monoisotopic (exact) mass is 388 g/mol. The van der Waals surface area contributed by atoms with Gasteiger partial charge in [-0.05, 0) is 49.6 Å². The van der Waals surface area contributed by atoms with Crippen LogP contribution in [0.4, 0.5) is 5.82 Å². The molecule has 0 aliphatic carbocycles. The SMILES string of the molecule is CCc1ccc(-n2c(N)c(C(=O)O[C@@H](C)CC)c3nc4ccccc4nc32)cc1. The van der Waals surface area contributed by atoms with Crippen LogP contribution in [0.1, 0.15) is 43.1 Å². The average Bonchev–Trinajstić information content (AvgIpc) is 3.02. The summed E-state index contributed by atoms with van der Waals surface area (Å²) in [5, 5.41) is 0. The van der Waals surface area contributed by atoms with Gasteiger partial charge in [0.1, 0.15) is 16.9 Å². The van der Waals surface area contributed by atoms with Crippen LogP contribution >= 0.6 is 0 Å². The lowest BCUT2D eigenvalue weighted by molar-refractivity contribution is 0.0338. The Bertz CT molecular complexity index is 1200. The fourth-order valence-corrected chi connectivity index (χ4v) is 3.33. The fraction of sp³-hybridized carbons (Fsp3) is 0.261. The molecule has 0 unspecified atom stereocenters. The molecule has 1 atom stereocenters. The lowest BCUT2D eigenvalue weighted by Gasteiger charge is -2.11. The second-order valence-corrected chi connectivity index (χ2v) is 7.12. The van der Waals surface area contributed by atoms with Gasteiger partial charge < -0.3 is 10.5 Å². The van der Waals surface area contributed by atoms with Crippen molar-refractivity contribution in [3.63, 3.8) is 0 Å². The van der Waals surface area contributed by atoms with Crippen molar-refractivity contribution in [2.24, 2.45) is 0 Å². The largest absolute Gasteiger partial charge is 0.459 e. The molecule has 0 radical (unpaired) electrons. The molecule has 6 nitrogen and oxygen atoms in total. The number of esters is 1. The van der Waals surface area contributed by atoms with Crippen molar-refractivity contribution in [1.29, 1.82) is 0 Å². The molecule has 0 amide bonds. The number of hydrogen-bond donors (Lipinski definition) is 1. The summed E-state index contributed by atoms with van der Waals surface area (Å²) in [6.45, 7) is 5.93. The van der Waals surface area contributed by atoms with E-state index in [0.717, 1.165) is 24.0 Å². The standard InChI is InChI=1S/C23H24N4O2/c1-4-14(3)29-23(28)19-20-22(26-18-9-7-6-8-17(18)25-20)27(21(19)24)16-12-10-15(5-2)11-13-16/h6-14H,4-5,24H2,1-3H3/t14-/m0/s1. The maximum Gasteiger partial charge on any atom is 0.344 e. The van der Waals surface area contributed by atoms with Gasteiger partial charge >= 0.3 is 5.97 Å². The van der Waals surface area contributed by atoms with Crippen LogP contribution in [0.15, 0.2) is 48.5 Å². The summed E-state index contributed by atoms with van der Waals surface area (Å²) in [4.78, 5) is 22.4. The van der Waals surface area contributed by atoms with Crippen LogP contribution in [0.25, 0.3) is 27.9 Å². The number of fused-ring (bicyclic) bond motifs is 2. The number of aryl methyl sites for hydroxylation is 1.